The molecule has 0 aliphatic rings. The summed E-state index contributed by atoms with van der Waals surface area (Å²) in [4.78, 5) is 4.56. The van der Waals surface area contributed by atoms with Gasteiger partial charge in [-0.3, -0.25) is 4.57 Å². The van der Waals surface area contributed by atoms with Crippen LogP contribution in [0.5, 0.6) is 0 Å². The van der Waals surface area contributed by atoms with Crippen LogP contribution in [0.3, 0.4) is 0 Å². The van der Waals surface area contributed by atoms with Gasteiger partial charge in [-0.2, -0.15) is 0 Å². The lowest BCUT2D eigenvalue weighted by Crippen LogP contribution is -1.96. The molecule has 2 heterocycles. The lowest BCUT2D eigenvalue weighted by atomic mass is 10.0. The Bertz CT molecular complexity index is 1130. The van der Waals surface area contributed by atoms with Crippen LogP contribution in [0.15, 0.2) is 71.3 Å². The van der Waals surface area contributed by atoms with Crippen molar-refractivity contribution in [1.82, 2.24) is 9.55 Å². The summed E-state index contributed by atoms with van der Waals surface area (Å²) in [5.74, 6) is 0.950. The van der Waals surface area contributed by atoms with E-state index in [2.05, 4.69) is 74.0 Å². The average Bonchev–Trinajstić information content (AvgIpc) is 2.88. The molecule has 3 heteroatoms. The van der Waals surface area contributed by atoms with E-state index in [0.29, 0.717) is 0 Å². The van der Waals surface area contributed by atoms with Crippen LogP contribution >= 0.6 is 15.9 Å². The fourth-order valence-corrected chi connectivity index (χ4v) is 3.85. The molecular weight excluding hydrogens is 336 g/mol. The van der Waals surface area contributed by atoms with Crippen LogP contribution in [-0.2, 0) is 0 Å². The van der Waals surface area contributed by atoms with Crippen LogP contribution in [0.4, 0.5) is 0 Å². The molecule has 0 fully saturated rings. The number of halogens is 1. The number of nitrogens with zero attached hydrogens (tertiary/aromatic N) is 2. The summed E-state index contributed by atoms with van der Waals surface area (Å²) in [6, 6.07) is 21.2. The van der Waals surface area contributed by atoms with Gasteiger partial charge in [0.25, 0.3) is 0 Å². The Morgan fingerprint density at radius 2 is 1.64 bits per heavy atom. The molecule has 0 unspecified atom stereocenters. The molecule has 0 N–H and O–H groups in total. The molecule has 0 amide bonds. The van der Waals surface area contributed by atoms with E-state index in [1.54, 1.807) is 0 Å². The van der Waals surface area contributed by atoms with E-state index in [1.807, 2.05) is 18.3 Å². The number of pyridine rings is 1. The maximum Gasteiger partial charge on any atom is 0.137 e. The summed E-state index contributed by atoms with van der Waals surface area (Å²) in [6.45, 7) is 0. The number of benzene rings is 3. The van der Waals surface area contributed by atoms with E-state index >= 15 is 0 Å². The molecule has 2 nitrogen and oxygen atoms in total. The topological polar surface area (TPSA) is 17.8 Å². The van der Waals surface area contributed by atoms with Crippen LogP contribution in [0.1, 0.15) is 0 Å². The molecule has 0 atom stereocenters. The van der Waals surface area contributed by atoms with Gasteiger partial charge in [-0.25, -0.2) is 4.98 Å². The third-order valence-electron chi connectivity index (χ3n) is 4.24. The first-order valence-corrected chi connectivity index (χ1v) is 7.98. The van der Waals surface area contributed by atoms with Crippen molar-refractivity contribution in [1.29, 1.82) is 0 Å². The van der Waals surface area contributed by atoms with Gasteiger partial charge in [-0.15, -0.1) is 0 Å². The first kappa shape index (κ1) is 12.2. The number of hydrogen-bond donors (Lipinski definition) is 0. The summed E-state index contributed by atoms with van der Waals surface area (Å²) in [5.41, 5.74) is 2.39. The molecule has 0 spiro atoms. The van der Waals surface area contributed by atoms with E-state index in [-0.39, 0.29) is 0 Å². The largest absolute Gasteiger partial charge is 0.294 e. The predicted molar refractivity (Wildman–Crippen MR) is 95.0 cm³/mol. The smallest absolute Gasteiger partial charge is 0.137 e. The van der Waals surface area contributed by atoms with Crippen LogP contribution in [0.2, 0.25) is 0 Å². The fourth-order valence-electron chi connectivity index (χ4n) is 3.39. The van der Waals surface area contributed by atoms with Gasteiger partial charge in [0.05, 0.1) is 11.0 Å². The highest BCUT2D eigenvalue weighted by molar-refractivity contribution is 9.10. The molecule has 0 aliphatic carbocycles. The highest BCUT2D eigenvalue weighted by atomic mass is 79.9. The molecule has 5 aromatic rings. The molecule has 22 heavy (non-hydrogen) atoms. The third-order valence-corrected chi connectivity index (χ3v) is 4.70. The molecule has 5 rings (SSSR count). The SMILES string of the molecule is Brc1cc2ccc3cccc4c3c2c(c1)n4-c1ccccn1. The molecule has 0 saturated heterocycles. The van der Waals surface area contributed by atoms with Crippen molar-refractivity contribution < 1.29 is 0 Å². The van der Waals surface area contributed by atoms with Gasteiger partial charge in [0.1, 0.15) is 5.82 Å². The molecule has 104 valence electrons. The molecule has 0 saturated carbocycles. The lowest BCUT2D eigenvalue weighted by molar-refractivity contribution is 1.08. The number of rotatable bonds is 1. The number of aromatic nitrogens is 2. The maximum atomic E-state index is 4.56. The minimum atomic E-state index is 0.950. The highest BCUT2D eigenvalue weighted by Crippen LogP contribution is 2.39. The minimum Gasteiger partial charge on any atom is -0.294 e. The molecule has 0 radical (unpaired) electrons. The Kier molecular flexibility index (Phi) is 2.38. The van der Waals surface area contributed by atoms with Gasteiger partial charge in [0, 0.05) is 21.4 Å². The maximum absolute atomic E-state index is 4.56. The normalized spacial score (nSPS) is 11.9. The average molecular weight is 347 g/mol. The van der Waals surface area contributed by atoms with E-state index in [4.69, 9.17) is 0 Å². The van der Waals surface area contributed by atoms with Crippen molar-refractivity contribution in [3.8, 4) is 5.82 Å². The van der Waals surface area contributed by atoms with Crippen LogP contribution in [0, 0.1) is 0 Å². The zero-order valence-corrected chi connectivity index (χ0v) is 13.2. The lowest BCUT2D eigenvalue weighted by Gasteiger charge is -2.06. The Hall–Kier alpha value is -2.39. The molecule has 0 bridgehead atoms. The van der Waals surface area contributed by atoms with Crippen molar-refractivity contribution in [2.24, 2.45) is 0 Å². The standard InChI is InChI=1S/C19H11BrN2/c20-14-10-13-8-7-12-4-3-5-15-18(12)19(13)16(11-14)22(15)17-6-1-2-9-21-17/h1-11H. The third kappa shape index (κ3) is 1.52. The van der Waals surface area contributed by atoms with Crippen molar-refractivity contribution >= 4 is 48.5 Å². The molecule has 2 aromatic heterocycles. The fraction of sp³-hybridized carbons (Fsp3) is 0. The van der Waals surface area contributed by atoms with Gasteiger partial charge >= 0.3 is 0 Å². The van der Waals surface area contributed by atoms with Gasteiger partial charge in [-0.1, -0.05) is 46.3 Å². The van der Waals surface area contributed by atoms with E-state index in [9.17, 15) is 0 Å². The Labute approximate surface area is 135 Å². The van der Waals surface area contributed by atoms with Crippen LogP contribution < -0.4 is 0 Å². The summed E-state index contributed by atoms with van der Waals surface area (Å²) in [7, 11) is 0. The second-order valence-electron chi connectivity index (χ2n) is 5.49. The molecule has 0 aliphatic heterocycles. The minimum absolute atomic E-state index is 0.950. The van der Waals surface area contributed by atoms with Crippen molar-refractivity contribution in [3.63, 3.8) is 0 Å². The Morgan fingerprint density at radius 1 is 0.773 bits per heavy atom. The second kappa shape index (κ2) is 4.31. The van der Waals surface area contributed by atoms with Crippen molar-refractivity contribution in [2.45, 2.75) is 0 Å². The predicted octanol–water partition coefficient (Wildman–Crippen LogP) is 5.53. The Balaban J connectivity index is 2.12. The quantitative estimate of drug-likeness (QED) is 0.365. The van der Waals surface area contributed by atoms with Gasteiger partial charge in [0.15, 0.2) is 0 Å². The first-order valence-electron chi connectivity index (χ1n) is 7.19. The van der Waals surface area contributed by atoms with Crippen LogP contribution in [-0.4, -0.2) is 9.55 Å². The van der Waals surface area contributed by atoms with E-state index in [1.165, 1.54) is 32.6 Å². The Morgan fingerprint density at radius 3 is 2.50 bits per heavy atom. The summed E-state index contributed by atoms with van der Waals surface area (Å²) < 4.78 is 3.33. The second-order valence-corrected chi connectivity index (χ2v) is 6.40. The van der Waals surface area contributed by atoms with E-state index in [0.717, 1.165) is 10.3 Å². The monoisotopic (exact) mass is 346 g/mol. The molecular formula is C19H11BrN2. The summed E-state index contributed by atoms with van der Waals surface area (Å²) in [6.07, 6.45) is 1.84. The summed E-state index contributed by atoms with van der Waals surface area (Å²) in [5, 5.41) is 5.14. The summed E-state index contributed by atoms with van der Waals surface area (Å²) >= 11 is 3.64. The van der Waals surface area contributed by atoms with Gasteiger partial charge in [-0.05, 0) is 41.1 Å². The number of hydrogen-bond acceptors (Lipinski definition) is 1. The zero-order valence-electron chi connectivity index (χ0n) is 11.6. The van der Waals surface area contributed by atoms with E-state index < -0.39 is 0 Å². The van der Waals surface area contributed by atoms with Gasteiger partial charge in [0.2, 0.25) is 0 Å². The van der Waals surface area contributed by atoms with Crippen molar-refractivity contribution in [3.05, 3.63) is 71.3 Å². The molecule has 3 aromatic carbocycles. The van der Waals surface area contributed by atoms with Crippen LogP contribution in [0.25, 0.3) is 38.4 Å². The van der Waals surface area contributed by atoms with Crippen molar-refractivity contribution in [2.75, 3.05) is 0 Å². The van der Waals surface area contributed by atoms with Gasteiger partial charge < -0.3 is 0 Å². The first-order chi connectivity index (χ1) is 10.8. The highest BCUT2D eigenvalue weighted by Gasteiger charge is 2.17. The zero-order chi connectivity index (χ0) is 14.7.